The third-order valence-corrected chi connectivity index (χ3v) is 2.09. The standard InChI is InChI=1S/C10H10ClF3O/c1-2-7-3-4-9(8(11)5-7)15-6-10(12,13)14/h3-5H,2,6H2,1H3. The lowest BCUT2D eigenvalue weighted by Gasteiger charge is -2.10. The lowest BCUT2D eigenvalue weighted by atomic mass is 10.2. The van der Waals surface area contributed by atoms with Crippen LogP contribution in [-0.2, 0) is 6.42 Å². The second-order valence-corrected chi connectivity index (χ2v) is 3.43. The predicted molar refractivity (Wildman–Crippen MR) is 52.4 cm³/mol. The number of aryl methyl sites for hydroxylation is 1. The van der Waals surface area contributed by atoms with Crippen molar-refractivity contribution >= 4 is 11.6 Å². The molecular formula is C10H10ClF3O. The number of hydrogen-bond acceptors (Lipinski definition) is 1. The van der Waals surface area contributed by atoms with Crippen LogP contribution in [0.1, 0.15) is 12.5 Å². The van der Waals surface area contributed by atoms with E-state index in [0.29, 0.717) is 0 Å². The normalized spacial score (nSPS) is 11.5. The maximum atomic E-state index is 11.9. The molecule has 0 bridgehead atoms. The minimum Gasteiger partial charge on any atom is -0.483 e. The number of rotatable bonds is 3. The van der Waals surface area contributed by atoms with Crippen LogP contribution in [0.25, 0.3) is 0 Å². The molecule has 0 N–H and O–H groups in total. The van der Waals surface area contributed by atoms with Gasteiger partial charge in [0.05, 0.1) is 5.02 Å². The van der Waals surface area contributed by atoms with E-state index in [1.165, 1.54) is 6.07 Å². The topological polar surface area (TPSA) is 9.23 Å². The molecular weight excluding hydrogens is 229 g/mol. The predicted octanol–water partition coefficient (Wildman–Crippen LogP) is 3.84. The molecule has 0 amide bonds. The van der Waals surface area contributed by atoms with E-state index < -0.39 is 12.8 Å². The Labute approximate surface area is 90.8 Å². The van der Waals surface area contributed by atoms with Gasteiger partial charge in [-0.05, 0) is 24.1 Å². The molecule has 0 atom stereocenters. The summed E-state index contributed by atoms with van der Waals surface area (Å²) in [6, 6.07) is 4.75. The highest BCUT2D eigenvalue weighted by atomic mass is 35.5. The number of hydrogen-bond donors (Lipinski definition) is 0. The summed E-state index contributed by atoms with van der Waals surface area (Å²) in [5.41, 5.74) is 0.958. The van der Waals surface area contributed by atoms with Crippen LogP contribution >= 0.6 is 11.6 Å². The molecule has 0 aliphatic rings. The first-order valence-electron chi connectivity index (χ1n) is 4.40. The van der Waals surface area contributed by atoms with Crippen LogP contribution in [0.15, 0.2) is 18.2 Å². The lowest BCUT2D eigenvalue weighted by molar-refractivity contribution is -0.153. The zero-order valence-corrected chi connectivity index (χ0v) is 8.82. The molecule has 5 heteroatoms. The van der Waals surface area contributed by atoms with E-state index in [0.717, 1.165) is 12.0 Å². The molecule has 1 nitrogen and oxygen atoms in total. The Balaban J connectivity index is 2.70. The second kappa shape index (κ2) is 4.75. The molecule has 0 aliphatic carbocycles. The summed E-state index contributed by atoms with van der Waals surface area (Å²) in [5, 5.41) is 0.207. The van der Waals surface area contributed by atoms with Gasteiger partial charge >= 0.3 is 6.18 Å². The van der Waals surface area contributed by atoms with Crippen molar-refractivity contribution in [3.63, 3.8) is 0 Å². The molecule has 0 heterocycles. The van der Waals surface area contributed by atoms with Gasteiger partial charge in [-0.1, -0.05) is 24.6 Å². The quantitative estimate of drug-likeness (QED) is 0.777. The summed E-state index contributed by atoms with van der Waals surface area (Å²) in [6.07, 6.45) is -3.56. The van der Waals surface area contributed by atoms with E-state index in [9.17, 15) is 13.2 Å². The van der Waals surface area contributed by atoms with Crippen LogP contribution < -0.4 is 4.74 Å². The van der Waals surface area contributed by atoms with Gasteiger partial charge in [0, 0.05) is 0 Å². The first-order valence-corrected chi connectivity index (χ1v) is 4.78. The van der Waals surface area contributed by atoms with Gasteiger partial charge in [0.2, 0.25) is 0 Å². The van der Waals surface area contributed by atoms with Crippen molar-refractivity contribution in [1.29, 1.82) is 0 Å². The van der Waals surface area contributed by atoms with Gasteiger partial charge in [0.1, 0.15) is 5.75 Å². The van der Waals surface area contributed by atoms with Crippen LogP contribution in [0.5, 0.6) is 5.75 Å². The maximum Gasteiger partial charge on any atom is 0.422 e. The number of ether oxygens (including phenoxy) is 1. The average molecular weight is 239 g/mol. The van der Waals surface area contributed by atoms with E-state index in [2.05, 4.69) is 4.74 Å². The molecule has 0 aliphatic heterocycles. The van der Waals surface area contributed by atoms with Gasteiger partial charge in [0.25, 0.3) is 0 Å². The highest BCUT2D eigenvalue weighted by Crippen LogP contribution is 2.27. The fraction of sp³-hybridized carbons (Fsp3) is 0.400. The van der Waals surface area contributed by atoms with Gasteiger partial charge in [0.15, 0.2) is 6.61 Å². The SMILES string of the molecule is CCc1ccc(OCC(F)(F)F)c(Cl)c1. The Hall–Kier alpha value is -0.900. The van der Waals surface area contributed by atoms with Gasteiger partial charge in [-0.3, -0.25) is 0 Å². The Morgan fingerprint density at radius 1 is 1.33 bits per heavy atom. The lowest BCUT2D eigenvalue weighted by Crippen LogP contribution is -2.19. The first-order chi connectivity index (χ1) is 6.92. The molecule has 0 unspecified atom stereocenters. The second-order valence-electron chi connectivity index (χ2n) is 3.02. The molecule has 0 aromatic heterocycles. The third kappa shape index (κ3) is 4.00. The summed E-state index contributed by atoms with van der Waals surface area (Å²) >= 11 is 5.74. The molecule has 1 aromatic carbocycles. The molecule has 84 valence electrons. The molecule has 1 aromatic rings. The highest BCUT2D eigenvalue weighted by molar-refractivity contribution is 6.32. The van der Waals surface area contributed by atoms with Crippen molar-refractivity contribution in [2.24, 2.45) is 0 Å². The van der Waals surface area contributed by atoms with Crippen molar-refractivity contribution in [3.05, 3.63) is 28.8 Å². The fourth-order valence-corrected chi connectivity index (χ4v) is 1.30. The van der Waals surface area contributed by atoms with E-state index in [4.69, 9.17) is 11.6 Å². The Morgan fingerprint density at radius 3 is 2.47 bits per heavy atom. The van der Waals surface area contributed by atoms with Crippen molar-refractivity contribution in [2.75, 3.05) is 6.61 Å². The Bertz CT molecular complexity index is 336. The molecule has 0 radical (unpaired) electrons. The number of halogens is 4. The van der Waals surface area contributed by atoms with Crippen LogP contribution in [0.4, 0.5) is 13.2 Å². The van der Waals surface area contributed by atoms with Crippen LogP contribution in [0.3, 0.4) is 0 Å². The van der Waals surface area contributed by atoms with E-state index in [-0.39, 0.29) is 10.8 Å². The monoisotopic (exact) mass is 238 g/mol. The minimum absolute atomic E-state index is 0.0613. The largest absolute Gasteiger partial charge is 0.483 e. The Morgan fingerprint density at radius 2 is 2.00 bits per heavy atom. The maximum absolute atomic E-state index is 11.9. The fourth-order valence-electron chi connectivity index (χ4n) is 1.04. The number of alkyl halides is 3. The van der Waals surface area contributed by atoms with Gasteiger partial charge in [-0.25, -0.2) is 0 Å². The van der Waals surface area contributed by atoms with Gasteiger partial charge < -0.3 is 4.74 Å². The highest BCUT2D eigenvalue weighted by Gasteiger charge is 2.28. The first kappa shape index (κ1) is 12.2. The van der Waals surface area contributed by atoms with E-state index in [1.54, 1.807) is 12.1 Å². The summed E-state index contributed by atoms with van der Waals surface area (Å²) in [4.78, 5) is 0. The van der Waals surface area contributed by atoms with Crippen LogP contribution in [0.2, 0.25) is 5.02 Å². The molecule has 1 rings (SSSR count). The Kier molecular flexibility index (Phi) is 3.85. The summed E-state index contributed by atoms with van der Waals surface area (Å²) in [6.45, 7) is 0.611. The van der Waals surface area contributed by atoms with Crippen molar-refractivity contribution in [1.82, 2.24) is 0 Å². The van der Waals surface area contributed by atoms with Crippen LogP contribution in [-0.4, -0.2) is 12.8 Å². The summed E-state index contributed by atoms with van der Waals surface area (Å²) in [7, 11) is 0. The molecule has 0 spiro atoms. The van der Waals surface area contributed by atoms with Gasteiger partial charge in [-0.15, -0.1) is 0 Å². The average Bonchev–Trinajstić information content (AvgIpc) is 2.14. The van der Waals surface area contributed by atoms with Crippen LogP contribution in [0, 0.1) is 0 Å². The molecule has 15 heavy (non-hydrogen) atoms. The zero-order valence-electron chi connectivity index (χ0n) is 8.07. The zero-order chi connectivity index (χ0) is 11.5. The molecule has 0 fully saturated rings. The van der Waals surface area contributed by atoms with Crippen molar-refractivity contribution in [3.8, 4) is 5.75 Å². The smallest absolute Gasteiger partial charge is 0.422 e. The molecule has 0 saturated carbocycles. The van der Waals surface area contributed by atoms with E-state index in [1.807, 2.05) is 6.92 Å². The summed E-state index contributed by atoms with van der Waals surface area (Å²) < 4.78 is 40.1. The van der Waals surface area contributed by atoms with E-state index >= 15 is 0 Å². The number of benzene rings is 1. The summed E-state index contributed by atoms with van der Waals surface area (Å²) in [5.74, 6) is 0.0613. The van der Waals surface area contributed by atoms with Gasteiger partial charge in [-0.2, -0.15) is 13.2 Å². The molecule has 0 saturated heterocycles. The minimum atomic E-state index is -4.34. The third-order valence-electron chi connectivity index (χ3n) is 1.80. The van der Waals surface area contributed by atoms with Crippen molar-refractivity contribution in [2.45, 2.75) is 19.5 Å². The van der Waals surface area contributed by atoms with Crippen molar-refractivity contribution < 1.29 is 17.9 Å².